The van der Waals surface area contributed by atoms with Gasteiger partial charge in [0.25, 0.3) is 0 Å². The summed E-state index contributed by atoms with van der Waals surface area (Å²) in [5, 5.41) is 8.88. The fourth-order valence-electron chi connectivity index (χ4n) is 4.51. The Kier molecular flexibility index (Phi) is 16.3. The number of benzene rings is 3. The molecule has 1 aliphatic heterocycles. The Morgan fingerprint density at radius 3 is 1.40 bits per heavy atom. The third kappa shape index (κ3) is 14.1. The number of carboxylic acids is 1. The smallest absolute Gasteiger partial charge is 0.347 e. The summed E-state index contributed by atoms with van der Waals surface area (Å²) in [7, 11) is 1.37. The summed E-state index contributed by atoms with van der Waals surface area (Å²) < 4.78 is 33.1. The van der Waals surface area contributed by atoms with Crippen molar-refractivity contribution in [2.75, 3.05) is 13.7 Å². The minimum Gasteiger partial charge on any atom is -0.487 e. The van der Waals surface area contributed by atoms with Crippen LogP contribution in [0.25, 0.3) is 0 Å². The summed E-state index contributed by atoms with van der Waals surface area (Å²) in [6, 6.07) is 28.1. The van der Waals surface area contributed by atoms with Crippen LogP contribution >= 0.6 is 0 Å². The first-order chi connectivity index (χ1) is 22.2. The van der Waals surface area contributed by atoms with Gasteiger partial charge in [-0.15, -0.1) is 0 Å². The van der Waals surface area contributed by atoms with Gasteiger partial charge in [0.05, 0.1) is 13.7 Å². The van der Waals surface area contributed by atoms with E-state index >= 15 is 0 Å². The van der Waals surface area contributed by atoms with E-state index < -0.39 is 24.0 Å². The topological polar surface area (TPSA) is 110 Å². The van der Waals surface area contributed by atoms with Gasteiger partial charge in [-0.3, -0.25) is 0 Å². The van der Waals surface area contributed by atoms with E-state index in [0.717, 1.165) is 5.75 Å². The Hall–Kier alpha value is -4.08. The molecule has 3 aromatic rings. The molecule has 0 aliphatic carbocycles. The van der Waals surface area contributed by atoms with E-state index in [0.29, 0.717) is 24.0 Å². The third-order valence-corrected chi connectivity index (χ3v) is 6.97. The Morgan fingerprint density at radius 2 is 1.09 bits per heavy atom. The van der Waals surface area contributed by atoms with Crippen molar-refractivity contribution in [3.8, 4) is 17.2 Å². The normalized spacial score (nSPS) is 16.9. The molecule has 0 bridgehead atoms. The molecular formula is C38H52O9. The largest absolute Gasteiger partial charge is 0.487 e. The van der Waals surface area contributed by atoms with Crippen LogP contribution in [0.5, 0.6) is 17.2 Å². The number of esters is 1. The number of rotatable bonds is 12. The van der Waals surface area contributed by atoms with Gasteiger partial charge in [-0.1, -0.05) is 96.1 Å². The predicted molar refractivity (Wildman–Crippen MR) is 182 cm³/mol. The van der Waals surface area contributed by atoms with Crippen molar-refractivity contribution in [1.29, 1.82) is 0 Å². The van der Waals surface area contributed by atoms with Crippen molar-refractivity contribution in [3.05, 3.63) is 91.0 Å². The van der Waals surface area contributed by atoms with Gasteiger partial charge in [-0.2, -0.15) is 0 Å². The summed E-state index contributed by atoms with van der Waals surface area (Å²) >= 11 is 0. The highest BCUT2D eigenvalue weighted by molar-refractivity contribution is 5.75. The van der Waals surface area contributed by atoms with Crippen molar-refractivity contribution >= 4 is 11.9 Å². The molecular weight excluding hydrogens is 600 g/mol. The molecule has 4 rings (SSSR count). The van der Waals surface area contributed by atoms with E-state index in [1.807, 2.05) is 120 Å². The highest BCUT2D eigenvalue weighted by atomic mass is 16.7. The Labute approximate surface area is 280 Å². The van der Waals surface area contributed by atoms with Crippen molar-refractivity contribution in [2.24, 2.45) is 17.8 Å². The fraction of sp³-hybridized carbons (Fsp3) is 0.474. The molecule has 0 radical (unpaired) electrons. The molecule has 0 unspecified atom stereocenters. The zero-order valence-corrected chi connectivity index (χ0v) is 29.1. The number of hydrogen-bond acceptors (Lipinski definition) is 8. The first-order valence-corrected chi connectivity index (χ1v) is 16.0. The van der Waals surface area contributed by atoms with Gasteiger partial charge in [0.2, 0.25) is 0 Å². The molecule has 0 amide bonds. The van der Waals surface area contributed by atoms with Gasteiger partial charge in [0.1, 0.15) is 29.5 Å². The van der Waals surface area contributed by atoms with E-state index in [-0.39, 0.29) is 30.0 Å². The molecule has 0 saturated carbocycles. The first kappa shape index (κ1) is 39.1. The molecule has 0 aromatic heterocycles. The monoisotopic (exact) mass is 652 g/mol. The fourth-order valence-corrected chi connectivity index (χ4v) is 4.51. The van der Waals surface area contributed by atoms with Gasteiger partial charge >= 0.3 is 11.9 Å². The minimum atomic E-state index is -0.927. The Bertz CT molecular complexity index is 1290. The van der Waals surface area contributed by atoms with Gasteiger partial charge < -0.3 is 33.5 Å². The standard InChI is InChI=1S/C15H22O3.C12H16O3.C11H14O3/c1-11(2)14(13-10-16-15(3,4)18-13)17-12-8-6-5-7-9-12;1-9(2)11(12(13)14-3)15-10-7-5-4-6-8-10;1-8(2)10(11(12)13)14-9-6-4-3-5-7-9/h5-9,11,13-14H,10H2,1-4H3;4-9,11H,1-3H3;3-8,10H,1-2H3,(H,12,13)/t13-,14-;11-;10-/m111/s1. The third-order valence-electron chi connectivity index (χ3n) is 6.97. The van der Waals surface area contributed by atoms with Crippen LogP contribution in [0, 0.1) is 17.8 Å². The maximum Gasteiger partial charge on any atom is 0.347 e. The molecule has 0 spiro atoms. The summed E-state index contributed by atoms with van der Waals surface area (Å²) in [5.41, 5.74) is 0. The van der Waals surface area contributed by atoms with Gasteiger partial charge in [-0.25, -0.2) is 9.59 Å². The predicted octanol–water partition coefficient (Wildman–Crippen LogP) is 7.68. The molecule has 1 fully saturated rings. The number of para-hydroxylation sites is 3. The maximum absolute atomic E-state index is 11.4. The van der Waals surface area contributed by atoms with Crippen LogP contribution in [0.15, 0.2) is 91.0 Å². The number of methoxy groups -OCH3 is 1. The van der Waals surface area contributed by atoms with Crippen LogP contribution in [-0.4, -0.2) is 61.0 Å². The summed E-state index contributed by atoms with van der Waals surface area (Å²) in [4.78, 5) is 22.2. The quantitative estimate of drug-likeness (QED) is 0.197. The molecule has 9 heteroatoms. The number of carbonyl (C=O) groups excluding carboxylic acids is 1. The van der Waals surface area contributed by atoms with E-state index in [9.17, 15) is 9.59 Å². The molecule has 1 N–H and O–H groups in total. The van der Waals surface area contributed by atoms with Crippen molar-refractivity contribution in [1.82, 2.24) is 0 Å². The number of ether oxygens (including phenoxy) is 6. The zero-order chi connectivity index (χ0) is 35.0. The van der Waals surface area contributed by atoms with Gasteiger partial charge in [0.15, 0.2) is 18.0 Å². The molecule has 9 nitrogen and oxygen atoms in total. The molecule has 47 heavy (non-hydrogen) atoms. The lowest BCUT2D eigenvalue weighted by Crippen LogP contribution is -2.39. The molecule has 1 saturated heterocycles. The molecule has 1 heterocycles. The summed E-state index contributed by atoms with van der Waals surface area (Å²) in [5.74, 6) is 0.785. The van der Waals surface area contributed by atoms with E-state index in [1.54, 1.807) is 12.1 Å². The van der Waals surface area contributed by atoms with E-state index in [4.69, 9.17) is 28.8 Å². The van der Waals surface area contributed by atoms with Crippen LogP contribution in [-0.2, 0) is 23.8 Å². The second-order valence-corrected chi connectivity index (χ2v) is 12.6. The lowest BCUT2D eigenvalue weighted by atomic mass is 10.0. The summed E-state index contributed by atoms with van der Waals surface area (Å²) in [6.07, 6.45) is -1.33. The van der Waals surface area contributed by atoms with Crippen molar-refractivity contribution < 1.29 is 43.1 Å². The second kappa shape index (κ2) is 19.6. The van der Waals surface area contributed by atoms with Crippen LogP contribution in [0.3, 0.4) is 0 Å². The van der Waals surface area contributed by atoms with E-state index in [2.05, 4.69) is 18.6 Å². The van der Waals surface area contributed by atoms with Crippen molar-refractivity contribution in [3.63, 3.8) is 0 Å². The number of hydrogen-bond donors (Lipinski definition) is 1. The maximum atomic E-state index is 11.4. The minimum absolute atomic E-state index is 0.00850. The Morgan fingerprint density at radius 1 is 0.681 bits per heavy atom. The average molecular weight is 653 g/mol. The lowest BCUT2D eigenvalue weighted by molar-refractivity contribution is -0.152. The number of aliphatic carboxylic acids is 1. The number of carboxylic acid groups (broad SMARTS) is 1. The van der Waals surface area contributed by atoms with Crippen LogP contribution < -0.4 is 14.2 Å². The van der Waals surface area contributed by atoms with Crippen molar-refractivity contribution in [2.45, 2.75) is 85.6 Å². The lowest BCUT2D eigenvalue weighted by Gasteiger charge is -2.28. The highest BCUT2D eigenvalue weighted by Gasteiger charge is 2.39. The van der Waals surface area contributed by atoms with Crippen LogP contribution in [0.1, 0.15) is 55.4 Å². The SMILES string of the molecule is CC(C)[C@@H](Oc1ccccc1)C(=O)O.CC(C)[C@@H](Oc1ccccc1)[C@H]1COC(C)(C)O1.COC(=O)[C@H](Oc1ccccc1)C(C)C. The van der Waals surface area contributed by atoms with Crippen LogP contribution in [0.4, 0.5) is 0 Å². The zero-order valence-electron chi connectivity index (χ0n) is 29.1. The summed E-state index contributed by atoms with van der Waals surface area (Å²) in [6.45, 7) is 16.2. The van der Waals surface area contributed by atoms with Gasteiger partial charge in [-0.05, 0) is 56.2 Å². The number of carbonyl (C=O) groups is 2. The second-order valence-electron chi connectivity index (χ2n) is 12.6. The molecule has 4 atom stereocenters. The average Bonchev–Trinajstić information content (AvgIpc) is 3.41. The Balaban J connectivity index is 0.000000248. The van der Waals surface area contributed by atoms with E-state index in [1.165, 1.54) is 7.11 Å². The molecule has 1 aliphatic rings. The highest BCUT2D eigenvalue weighted by Crippen LogP contribution is 2.29. The first-order valence-electron chi connectivity index (χ1n) is 16.0. The molecule has 3 aromatic carbocycles. The van der Waals surface area contributed by atoms with Gasteiger partial charge in [0, 0.05) is 11.8 Å². The van der Waals surface area contributed by atoms with Crippen LogP contribution in [0.2, 0.25) is 0 Å². The molecule has 258 valence electrons.